The molecule has 0 N–H and O–H groups in total. The number of hydrogen-bond acceptors (Lipinski definition) is 3. The third kappa shape index (κ3) is 2.83. The zero-order valence-electron chi connectivity index (χ0n) is 11.9. The molecule has 2 saturated carbocycles. The van der Waals surface area contributed by atoms with Gasteiger partial charge in [0.05, 0.1) is 6.61 Å². The molecule has 2 fully saturated rings. The SMILES string of the molecule is COCCn1cnnc1C1CCC2CCCCC2C1. The second kappa shape index (κ2) is 6.04. The number of aromatic nitrogens is 3. The third-order valence-electron chi connectivity index (χ3n) is 5.09. The Labute approximate surface area is 115 Å². The first-order chi connectivity index (χ1) is 9.38. The van der Waals surface area contributed by atoms with Crippen LogP contribution in [0, 0.1) is 11.8 Å². The summed E-state index contributed by atoms with van der Waals surface area (Å²) in [6.45, 7) is 1.62. The van der Waals surface area contributed by atoms with E-state index < -0.39 is 0 Å². The average molecular weight is 263 g/mol. The van der Waals surface area contributed by atoms with Gasteiger partial charge < -0.3 is 9.30 Å². The van der Waals surface area contributed by atoms with E-state index >= 15 is 0 Å². The summed E-state index contributed by atoms with van der Waals surface area (Å²) in [6, 6.07) is 0. The molecule has 3 rings (SSSR count). The first-order valence-electron chi connectivity index (χ1n) is 7.75. The Hall–Kier alpha value is -0.900. The maximum absolute atomic E-state index is 5.17. The fraction of sp³-hybridized carbons (Fsp3) is 0.867. The maximum atomic E-state index is 5.17. The van der Waals surface area contributed by atoms with E-state index in [1.54, 1.807) is 7.11 Å². The number of ether oxygens (including phenoxy) is 1. The van der Waals surface area contributed by atoms with Gasteiger partial charge in [0.1, 0.15) is 12.2 Å². The second-order valence-corrected chi connectivity index (χ2v) is 6.19. The molecule has 4 heteroatoms. The zero-order valence-corrected chi connectivity index (χ0v) is 11.9. The van der Waals surface area contributed by atoms with E-state index in [0.29, 0.717) is 5.92 Å². The minimum absolute atomic E-state index is 0.624. The molecule has 0 saturated heterocycles. The van der Waals surface area contributed by atoms with Crippen LogP contribution >= 0.6 is 0 Å². The van der Waals surface area contributed by atoms with Crippen LogP contribution in [0.5, 0.6) is 0 Å². The standard InChI is InChI=1S/C15H25N3O/c1-19-9-8-18-11-16-17-15(18)14-7-6-12-4-2-3-5-13(12)10-14/h11-14H,2-10H2,1H3. The zero-order chi connectivity index (χ0) is 13.1. The van der Waals surface area contributed by atoms with Crippen molar-refractivity contribution in [2.24, 2.45) is 11.8 Å². The molecule has 2 aliphatic rings. The number of methoxy groups -OCH3 is 1. The maximum Gasteiger partial charge on any atom is 0.135 e. The van der Waals surface area contributed by atoms with Gasteiger partial charge in [0.2, 0.25) is 0 Å². The Morgan fingerprint density at radius 3 is 2.89 bits per heavy atom. The Kier molecular flexibility index (Phi) is 4.16. The van der Waals surface area contributed by atoms with Gasteiger partial charge in [-0.15, -0.1) is 10.2 Å². The quantitative estimate of drug-likeness (QED) is 0.838. The van der Waals surface area contributed by atoms with Gasteiger partial charge in [0.15, 0.2) is 0 Å². The minimum Gasteiger partial charge on any atom is -0.383 e. The highest BCUT2D eigenvalue weighted by Gasteiger charge is 2.34. The minimum atomic E-state index is 0.624. The summed E-state index contributed by atoms with van der Waals surface area (Å²) >= 11 is 0. The van der Waals surface area contributed by atoms with Crippen LogP contribution in [0.25, 0.3) is 0 Å². The largest absolute Gasteiger partial charge is 0.383 e. The van der Waals surface area contributed by atoms with E-state index in [9.17, 15) is 0 Å². The van der Waals surface area contributed by atoms with Crippen LogP contribution in [-0.4, -0.2) is 28.5 Å². The topological polar surface area (TPSA) is 39.9 Å². The van der Waals surface area contributed by atoms with E-state index in [0.717, 1.165) is 25.0 Å². The van der Waals surface area contributed by atoms with Crippen LogP contribution < -0.4 is 0 Å². The lowest BCUT2D eigenvalue weighted by Crippen LogP contribution is -2.28. The molecule has 0 spiro atoms. The van der Waals surface area contributed by atoms with Crippen molar-refractivity contribution < 1.29 is 4.74 Å². The lowest BCUT2D eigenvalue weighted by atomic mass is 9.67. The van der Waals surface area contributed by atoms with Crippen molar-refractivity contribution in [3.8, 4) is 0 Å². The summed E-state index contributed by atoms with van der Waals surface area (Å²) < 4.78 is 7.36. The van der Waals surface area contributed by atoms with Crippen LogP contribution in [0.3, 0.4) is 0 Å². The molecular weight excluding hydrogens is 238 g/mol. The second-order valence-electron chi connectivity index (χ2n) is 6.19. The molecule has 0 bridgehead atoms. The Morgan fingerprint density at radius 2 is 2.05 bits per heavy atom. The van der Waals surface area contributed by atoms with Crippen LogP contribution in [0.1, 0.15) is 56.7 Å². The normalized spacial score (nSPS) is 31.1. The van der Waals surface area contributed by atoms with Gasteiger partial charge in [-0.25, -0.2) is 0 Å². The van der Waals surface area contributed by atoms with Gasteiger partial charge in [0.25, 0.3) is 0 Å². The molecule has 0 amide bonds. The molecule has 106 valence electrons. The molecule has 1 aromatic heterocycles. The Morgan fingerprint density at radius 1 is 1.21 bits per heavy atom. The Bertz CT molecular complexity index is 404. The van der Waals surface area contributed by atoms with Crippen molar-refractivity contribution >= 4 is 0 Å². The number of fused-ring (bicyclic) bond motifs is 1. The highest BCUT2D eigenvalue weighted by molar-refractivity contribution is 5.01. The number of hydrogen-bond donors (Lipinski definition) is 0. The van der Waals surface area contributed by atoms with Gasteiger partial charge in [-0.05, 0) is 31.1 Å². The first-order valence-corrected chi connectivity index (χ1v) is 7.75. The van der Waals surface area contributed by atoms with E-state index in [1.807, 2.05) is 6.33 Å². The highest BCUT2D eigenvalue weighted by Crippen LogP contribution is 2.45. The van der Waals surface area contributed by atoms with Crippen LogP contribution in [0.15, 0.2) is 6.33 Å². The summed E-state index contributed by atoms with van der Waals surface area (Å²) in [6.07, 6.45) is 11.7. The van der Waals surface area contributed by atoms with Crippen LogP contribution in [-0.2, 0) is 11.3 Å². The summed E-state index contributed by atoms with van der Waals surface area (Å²) in [4.78, 5) is 0. The molecule has 0 aliphatic heterocycles. The fourth-order valence-electron chi connectivity index (χ4n) is 4.05. The van der Waals surface area contributed by atoms with E-state index in [-0.39, 0.29) is 0 Å². The van der Waals surface area contributed by atoms with Crippen molar-refractivity contribution in [1.29, 1.82) is 0 Å². The van der Waals surface area contributed by atoms with Crippen molar-refractivity contribution in [3.05, 3.63) is 12.2 Å². The highest BCUT2D eigenvalue weighted by atomic mass is 16.5. The monoisotopic (exact) mass is 263 g/mol. The molecular formula is C15H25N3O. The molecule has 1 heterocycles. The van der Waals surface area contributed by atoms with E-state index in [2.05, 4.69) is 14.8 Å². The van der Waals surface area contributed by atoms with Gasteiger partial charge in [-0.2, -0.15) is 0 Å². The molecule has 0 aromatic carbocycles. The molecule has 3 atom stereocenters. The molecule has 19 heavy (non-hydrogen) atoms. The number of nitrogens with zero attached hydrogens (tertiary/aromatic N) is 3. The average Bonchev–Trinajstić information content (AvgIpc) is 2.93. The predicted molar refractivity (Wildman–Crippen MR) is 73.9 cm³/mol. The lowest BCUT2D eigenvalue weighted by molar-refractivity contribution is 0.149. The summed E-state index contributed by atoms with van der Waals surface area (Å²) in [7, 11) is 1.75. The first kappa shape index (κ1) is 13.1. The van der Waals surface area contributed by atoms with Crippen molar-refractivity contribution in [2.75, 3.05) is 13.7 Å². The molecule has 4 nitrogen and oxygen atoms in total. The number of rotatable bonds is 4. The van der Waals surface area contributed by atoms with Gasteiger partial charge in [-0.3, -0.25) is 0 Å². The lowest BCUT2D eigenvalue weighted by Gasteiger charge is -2.39. The van der Waals surface area contributed by atoms with Crippen LogP contribution in [0.4, 0.5) is 0 Å². The molecule has 2 aliphatic carbocycles. The smallest absolute Gasteiger partial charge is 0.135 e. The van der Waals surface area contributed by atoms with Crippen LogP contribution in [0.2, 0.25) is 0 Å². The molecule has 3 unspecified atom stereocenters. The molecule has 0 radical (unpaired) electrons. The molecule has 1 aromatic rings. The third-order valence-corrected chi connectivity index (χ3v) is 5.09. The van der Waals surface area contributed by atoms with Gasteiger partial charge in [-0.1, -0.05) is 25.7 Å². The summed E-state index contributed by atoms with van der Waals surface area (Å²) in [5.41, 5.74) is 0. The summed E-state index contributed by atoms with van der Waals surface area (Å²) in [5.74, 6) is 3.76. The van der Waals surface area contributed by atoms with Crippen molar-refractivity contribution in [3.63, 3.8) is 0 Å². The van der Waals surface area contributed by atoms with Gasteiger partial charge in [0, 0.05) is 19.6 Å². The fourth-order valence-corrected chi connectivity index (χ4v) is 4.05. The predicted octanol–water partition coefficient (Wildman–Crippen LogP) is 3.00. The van der Waals surface area contributed by atoms with E-state index in [4.69, 9.17) is 4.74 Å². The summed E-state index contributed by atoms with van der Waals surface area (Å²) in [5, 5.41) is 8.50. The van der Waals surface area contributed by atoms with Gasteiger partial charge >= 0.3 is 0 Å². The van der Waals surface area contributed by atoms with Crippen molar-refractivity contribution in [2.45, 2.75) is 57.4 Å². The Balaban J connectivity index is 1.67. The van der Waals surface area contributed by atoms with Crippen molar-refractivity contribution in [1.82, 2.24) is 14.8 Å². The van der Waals surface area contributed by atoms with E-state index in [1.165, 1.54) is 50.8 Å².